The predicted molar refractivity (Wildman–Crippen MR) is 113 cm³/mol. The average Bonchev–Trinajstić information content (AvgIpc) is 2.67. The van der Waals surface area contributed by atoms with Crippen LogP contribution >= 0.6 is 0 Å². The molecule has 1 amide bonds. The van der Waals surface area contributed by atoms with Crippen LogP contribution in [-0.2, 0) is 16.0 Å². The molecule has 1 aromatic carbocycles. The zero-order chi connectivity index (χ0) is 23.3. The minimum atomic E-state index is -0.806. The van der Waals surface area contributed by atoms with Gasteiger partial charge in [-0.05, 0) is 55.7 Å². The highest BCUT2D eigenvalue weighted by molar-refractivity contribution is 6.05. The predicted octanol–water partition coefficient (Wildman–Crippen LogP) is 1.38. The number of fused-ring (bicyclic) bond motifs is 1. The molecular weight excluding hydrogens is 402 g/mol. The highest BCUT2D eigenvalue weighted by Crippen LogP contribution is 2.38. The zero-order valence-electron chi connectivity index (χ0n) is 18.3. The number of rotatable bonds is 10. The van der Waals surface area contributed by atoms with Gasteiger partial charge in [0.1, 0.15) is 17.3 Å². The molecule has 3 N–H and O–H groups in total. The van der Waals surface area contributed by atoms with Crippen LogP contribution in [0, 0.1) is 17.8 Å². The van der Waals surface area contributed by atoms with Gasteiger partial charge in [-0.3, -0.25) is 19.2 Å². The van der Waals surface area contributed by atoms with Crippen molar-refractivity contribution in [2.24, 2.45) is 17.8 Å². The van der Waals surface area contributed by atoms with Gasteiger partial charge in [-0.1, -0.05) is 0 Å². The van der Waals surface area contributed by atoms with Gasteiger partial charge in [-0.25, -0.2) is 0 Å². The smallest absolute Gasteiger partial charge is 0.253 e. The lowest BCUT2D eigenvalue weighted by Gasteiger charge is -2.31. The lowest BCUT2D eigenvalue weighted by Crippen LogP contribution is -2.33. The molecule has 1 aliphatic rings. The summed E-state index contributed by atoms with van der Waals surface area (Å²) >= 11 is 0. The molecule has 0 radical (unpaired) electrons. The third-order valence-electron chi connectivity index (χ3n) is 5.91. The van der Waals surface area contributed by atoms with Gasteiger partial charge in [0.2, 0.25) is 0 Å². The second kappa shape index (κ2) is 10.6. The molecule has 0 bridgehead atoms. The Morgan fingerprint density at radius 3 is 2.39 bits per heavy atom. The monoisotopic (exact) mass is 433 g/mol. The molecule has 1 aromatic rings. The van der Waals surface area contributed by atoms with E-state index in [9.17, 15) is 34.5 Å². The van der Waals surface area contributed by atoms with Gasteiger partial charge in [-0.2, -0.15) is 0 Å². The molecule has 170 valence electrons. The normalized spacial score (nSPS) is 17.6. The van der Waals surface area contributed by atoms with E-state index >= 15 is 0 Å². The lowest BCUT2D eigenvalue weighted by atomic mass is 9.73. The molecule has 0 spiro atoms. The first-order chi connectivity index (χ1) is 14.6. The van der Waals surface area contributed by atoms with Gasteiger partial charge in [0.05, 0.1) is 18.6 Å². The molecular formula is C23H31NO7. The Balaban J connectivity index is 2.34. The van der Waals surface area contributed by atoms with Crippen LogP contribution in [0.15, 0.2) is 12.1 Å². The Morgan fingerprint density at radius 1 is 1.16 bits per heavy atom. The second-order valence-corrected chi connectivity index (χ2v) is 8.53. The van der Waals surface area contributed by atoms with Crippen LogP contribution < -0.4 is 0 Å². The van der Waals surface area contributed by atoms with Crippen molar-refractivity contribution in [1.29, 1.82) is 0 Å². The number of amides is 1. The highest BCUT2D eigenvalue weighted by atomic mass is 16.3. The number of Topliss-reactive ketones (excluding diaryl/α,β-unsaturated/α-hetero) is 3. The summed E-state index contributed by atoms with van der Waals surface area (Å²) < 4.78 is 0. The van der Waals surface area contributed by atoms with Crippen LogP contribution in [0.5, 0.6) is 5.75 Å². The molecule has 3 atom stereocenters. The SMILES string of the molecule is CC(=O)CC(=O)C(CO)C(CCO)CC1CC(=O)c2c(O)ccc(C(=O)N(C)C)c2C1. The molecule has 31 heavy (non-hydrogen) atoms. The standard InChI is InChI=1S/C23H31NO7/c1-13(27)8-20(29)18(12-26)15(6-7-25)9-14-10-17-16(23(31)24(2)3)4-5-19(28)22(17)21(30)11-14/h4-5,14-15,18,25-26,28H,6-12H2,1-3H3. The van der Waals surface area contributed by atoms with E-state index in [0.29, 0.717) is 24.0 Å². The number of phenols is 1. The highest BCUT2D eigenvalue weighted by Gasteiger charge is 2.35. The summed E-state index contributed by atoms with van der Waals surface area (Å²) in [5.41, 5.74) is 0.994. The third kappa shape index (κ3) is 5.77. The summed E-state index contributed by atoms with van der Waals surface area (Å²) in [5.74, 6) is -2.84. The van der Waals surface area contributed by atoms with Crippen LogP contribution in [0.1, 0.15) is 58.9 Å². The molecule has 0 aromatic heterocycles. The largest absolute Gasteiger partial charge is 0.507 e. The first-order valence-electron chi connectivity index (χ1n) is 10.4. The minimum absolute atomic E-state index is 0.126. The van der Waals surface area contributed by atoms with Gasteiger partial charge >= 0.3 is 0 Å². The van der Waals surface area contributed by atoms with Crippen molar-refractivity contribution in [2.45, 2.75) is 39.0 Å². The van der Waals surface area contributed by atoms with Gasteiger partial charge in [0, 0.05) is 38.6 Å². The number of benzene rings is 1. The molecule has 2 rings (SSSR count). The molecule has 1 aliphatic carbocycles. The molecule has 0 saturated carbocycles. The fourth-order valence-electron chi connectivity index (χ4n) is 4.46. The minimum Gasteiger partial charge on any atom is -0.507 e. The van der Waals surface area contributed by atoms with Crippen molar-refractivity contribution in [2.75, 3.05) is 27.3 Å². The number of phenolic OH excluding ortho intramolecular Hbond substituents is 1. The average molecular weight is 434 g/mol. The fraction of sp³-hybridized carbons (Fsp3) is 0.565. The van der Waals surface area contributed by atoms with E-state index in [0.717, 1.165) is 0 Å². The Morgan fingerprint density at radius 2 is 1.84 bits per heavy atom. The first kappa shape index (κ1) is 24.7. The molecule has 8 heteroatoms. The summed E-state index contributed by atoms with van der Waals surface area (Å²) in [5, 5.41) is 29.5. The van der Waals surface area contributed by atoms with E-state index in [2.05, 4.69) is 0 Å². The number of carbonyl (C=O) groups is 4. The van der Waals surface area contributed by atoms with Crippen molar-refractivity contribution < 1.29 is 34.5 Å². The van der Waals surface area contributed by atoms with Crippen LogP contribution in [0.4, 0.5) is 0 Å². The van der Waals surface area contributed by atoms with Crippen molar-refractivity contribution in [3.63, 3.8) is 0 Å². The maximum absolute atomic E-state index is 12.8. The van der Waals surface area contributed by atoms with Gasteiger partial charge < -0.3 is 20.2 Å². The van der Waals surface area contributed by atoms with Crippen LogP contribution in [0.2, 0.25) is 0 Å². The number of carbonyl (C=O) groups excluding carboxylic acids is 4. The number of hydrogen-bond acceptors (Lipinski definition) is 7. The number of aliphatic hydroxyl groups is 2. The van der Waals surface area contributed by atoms with E-state index in [1.807, 2.05) is 0 Å². The van der Waals surface area contributed by atoms with Gasteiger partial charge in [0.25, 0.3) is 5.91 Å². The summed E-state index contributed by atoms with van der Waals surface area (Å²) in [6.45, 7) is 0.663. The van der Waals surface area contributed by atoms with Crippen molar-refractivity contribution in [3.05, 3.63) is 28.8 Å². The fourth-order valence-corrected chi connectivity index (χ4v) is 4.46. The molecule has 0 heterocycles. The van der Waals surface area contributed by atoms with Crippen LogP contribution in [0.3, 0.4) is 0 Å². The zero-order valence-corrected chi connectivity index (χ0v) is 18.3. The van der Waals surface area contributed by atoms with Crippen molar-refractivity contribution >= 4 is 23.3 Å². The van der Waals surface area contributed by atoms with E-state index in [1.165, 1.54) is 24.0 Å². The Bertz CT molecular complexity index is 862. The summed E-state index contributed by atoms with van der Waals surface area (Å²) in [4.78, 5) is 50.6. The van der Waals surface area contributed by atoms with E-state index < -0.39 is 18.4 Å². The van der Waals surface area contributed by atoms with E-state index in [-0.39, 0.29) is 66.4 Å². The van der Waals surface area contributed by atoms with Crippen molar-refractivity contribution in [3.8, 4) is 5.75 Å². The first-order valence-corrected chi connectivity index (χ1v) is 10.4. The maximum atomic E-state index is 12.8. The molecule has 0 fully saturated rings. The molecule has 8 nitrogen and oxygen atoms in total. The van der Waals surface area contributed by atoms with Gasteiger partial charge in [-0.15, -0.1) is 0 Å². The Labute approximate surface area is 181 Å². The molecule has 0 aliphatic heterocycles. The maximum Gasteiger partial charge on any atom is 0.253 e. The quantitative estimate of drug-likeness (QED) is 0.475. The molecule has 3 unspecified atom stereocenters. The van der Waals surface area contributed by atoms with Gasteiger partial charge in [0.15, 0.2) is 5.78 Å². The number of nitrogens with zero attached hydrogens (tertiary/aromatic N) is 1. The number of aromatic hydroxyl groups is 1. The van der Waals surface area contributed by atoms with Crippen LogP contribution in [0.25, 0.3) is 0 Å². The van der Waals surface area contributed by atoms with Crippen molar-refractivity contribution in [1.82, 2.24) is 4.90 Å². The van der Waals surface area contributed by atoms with E-state index in [1.54, 1.807) is 14.1 Å². The topological polar surface area (TPSA) is 132 Å². The molecule has 0 saturated heterocycles. The van der Waals surface area contributed by atoms with Crippen LogP contribution in [-0.4, -0.2) is 70.8 Å². The number of ketones is 3. The summed E-state index contributed by atoms with van der Waals surface area (Å²) in [6, 6.07) is 2.86. The lowest BCUT2D eigenvalue weighted by molar-refractivity contribution is -0.131. The van der Waals surface area contributed by atoms with E-state index in [4.69, 9.17) is 0 Å². The third-order valence-corrected chi connectivity index (χ3v) is 5.91. The summed E-state index contributed by atoms with van der Waals surface area (Å²) in [6.07, 6.45) is 0.809. The number of hydrogen-bond donors (Lipinski definition) is 3. The second-order valence-electron chi connectivity index (χ2n) is 8.53. The Hall–Kier alpha value is -2.58. The Kier molecular flexibility index (Phi) is 8.47. The number of aliphatic hydroxyl groups excluding tert-OH is 2. The summed E-state index contributed by atoms with van der Waals surface area (Å²) in [7, 11) is 3.21.